The molecule has 0 aliphatic heterocycles. The van der Waals surface area contributed by atoms with E-state index in [-0.39, 0.29) is 156 Å². The van der Waals surface area contributed by atoms with Crippen LogP contribution in [-0.4, -0.2) is 116 Å². The van der Waals surface area contributed by atoms with Gasteiger partial charge in [-0.15, -0.1) is 0 Å². The summed E-state index contributed by atoms with van der Waals surface area (Å²) in [6.45, 7) is 1.64. The molecule has 0 aromatic heterocycles. The van der Waals surface area contributed by atoms with Crippen LogP contribution in [-0.2, 0) is 84.1 Å². The number of aldehydes is 1. The molecule has 36 heteroatoms. The van der Waals surface area contributed by atoms with Gasteiger partial charge in [0, 0.05) is 111 Å². The van der Waals surface area contributed by atoms with Gasteiger partial charge < -0.3 is 39.9 Å². The van der Waals surface area contributed by atoms with Gasteiger partial charge in [-0.25, -0.2) is 8.42 Å². The summed E-state index contributed by atoms with van der Waals surface area (Å²) in [5.41, 5.74) is -7.95. The fourth-order valence-corrected chi connectivity index (χ4v) is 14.2. The van der Waals surface area contributed by atoms with Crippen molar-refractivity contribution in [3.05, 3.63) is 240 Å². The van der Waals surface area contributed by atoms with Crippen molar-refractivity contribution in [3.63, 3.8) is 0 Å². The van der Waals surface area contributed by atoms with Crippen molar-refractivity contribution < 1.29 is 133 Å². The van der Waals surface area contributed by atoms with Crippen LogP contribution >= 0.6 is 57.7 Å². The molecule has 17 nitrogen and oxygen atoms in total. The smallest absolute Gasteiger partial charge is 0.446 e. The number of aliphatic hydroxyl groups is 4. The lowest BCUT2D eigenvalue weighted by Gasteiger charge is -2.11. The first-order chi connectivity index (χ1) is 52.3. The highest BCUT2D eigenvalue weighted by Crippen LogP contribution is 2.43. The molecule has 8 aromatic carbocycles. The molecule has 0 radical (unpaired) electrons. The number of fused-ring (bicyclic) bond motifs is 4. The number of thioether (sulfide) groups is 4. The van der Waals surface area contributed by atoms with E-state index in [1.54, 1.807) is 54.6 Å². The summed E-state index contributed by atoms with van der Waals surface area (Å²) in [6, 6.07) is 34.8. The second-order valence-corrected chi connectivity index (χ2v) is 34.2. The van der Waals surface area contributed by atoms with E-state index in [0.717, 1.165) is 28.7 Å². The van der Waals surface area contributed by atoms with Crippen molar-refractivity contribution in [3.8, 4) is 23.0 Å². The third-order valence-electron chi connectivity index (χ3n) is 16.8. The average Bonchev–Trinajstić information content (AvgIpc) is 1.64. The topological polar surface area (TPSA) is 304 Å². The summed E-state index contributed by atoms with van der Waals surface area (Å²) in [4.78, 5) is 59.5. The first-order valence-corrected chi connectivity index (χ1v) is 40.4. The Labute approximate surface area is 655 Å². The molecule has 0 spiro atoms. The third-order valence-corrected chi connectivity index (χ3v) is 22.3. The Bertz CT molecular complexity index is 4980. The molecule has 8 aromatic rings. The predicted octanol–water partition coefficient (Wildman–Crippen LogP) is 17.2. The summed E-state index contributed by atoms with van der Waals surface area (Å²) >= 11 is -0.756. The number of Topliss-reactive ketones (excluding diaryl/α,β-unsaturated/α-hetero) is 4. The Kier molecular flexibility index (Phi) is 31.7. The number of carbonyl (C=O) groups excluding carboxylic acids is 5. The van der Waals surface area contributed by atoms with Gasteiger partial charge in [0.15, 0.2) is 23.1 Å². The monoisotopic (exact) mass is 1710 g/mol. The fourth-order valence-electron chi connectivity index (χ4n) is 11.5. The molecule has 7 N–H and O–H groups in total. The van der Waals surface area contributed by atoms with Crippen molar-refractivity contribution in [2.75, 3.05) is 11.5 Å². The first kappa shape index (κ1) is 90.8. The number of hydrogen-bond acceptors (Lipinski definition) is 21. The van der Waals surface area contributed by atoms with Gasteiger partial charge >= 0.3 is 32.2 Å². The Morgan fingerprint density at radius 1 is 0.455 bits per heavy atom. The molecular weight excluding hydrogens is 1640 g/mol. The van der Waals surface area contributed by atoms with Gasteiger partial charge in [-0.1, -0.05) is 55.5 Å². The zero-order valence-electron chi connectivity index (χ0n) is 58.4. The lowest BCUT2D eigenvalue weighted by Crippen LogP contribution is -2.14. The molecule has 0 amide bonds. The third kappa shape index (κ3) is 27.5. The lowest BCUT2D eigenvalue weighted by atomic mass is 9.96. The van der Waals surface area contributed by atoms with Crippen LogP contribution in [0.5, 0.6) is 23.0 Å². The Morgan fingerprint density at radius 2 is 0.804 bits per heavy atom. The van der Waals surface area contributed by atoms with Crippen LogP contribution in [0.1, 0.15) is 133 Å². The van der Waals surface area contributed by atoms with Crippen LogP contribution in [0.25, 0.3) is 6.08 Å². The number of aliphatic hydroxyl groups excluding tert-OH is 4. The van der Waals surface area contributed by atoms with Gasteiger partial charge in [0.05, 0.1) is 37.9 Å². The number of hydrogen-bond donors (Lipinski definition) is 7. The molecular formula is C76H67ClF12O17S6. The molecule has 0 heterocycles. The van der Waals surface area contributed by atoms with Gasteiger partial charge in [-0.2, -0.15) is 61.1 Å². The second kappa shape index (κ2) is 39.1. The maximum Gasteiger partial charge on any atom is 0.446 e. The van der Waals surface area contributed by atoms with Crippen molar-refractivity contribution in [1.29, 1.82) is 0 Å². The largest absolute Gasteiger partial charge is 0.508 e. The minimum Gasteiger partial charge on any atom is -0.508 e. The van der Waals surface area contributed by atoms with E-state index in [1.165, 1.54) is 111 Å². The Balaban J connectivity index is 0.000000196. The van der Waals surface area contributed by atoms with Crippen molar-refractivity contribution in [2.45, 2.75) is 127 Å². The van der Waals surface area contributed by atoms with E-state index in [0.29, 0.717) is 112 Å². The number of aromatic hydroxyl groups is 3. The number of phenols is 3. The number of alkyl halides is 12. The minimum atomic E-state index is -4.36. The number of aryl methyl sites for hydroxylation is 1. The molecule has 2 unspecified atom stereocenters. The predicted molar refractivity (Wildman–Crippen MR) is 398 cm³/mol. The van der Waals surface area contributed by atoms with E-state index < -0.39 is 53.7 Å². The SMILES string of the molecule is CCS(=O)(=O)Cl.CCS(=O)(=O)Oc1cc2c(cc1CO)CC(Cc1ccc(SC(F)(F)F)cc1)C2=O.O=C1/C(=C/c2ccc(SC(F)(F)F)cc2)Cc2cc(CO)c(O)cc21.O=C1CCc2cc(CO)c(O)cc21.O=C1c2cc(O)c(CO)cc2CC1Cc1ccc(SC(F)(F)F)cc1.O=Cc1ccc(SC(F)(F)F)cc1. The standard InChI is InChI=1S/C20H19F3O5S2.C18H15F3O3S.C18H13F3O3S.C10H10O3.C8H5F3OS.C2H5ClO2S/c1-2-30(26,27)28-18-10-17-13(9-15(18)11-24)8-14(19(17)25)7-12-3-5-16(6-4-12)29-20(21,22)23;2*19-18(20,21)25-14-3-1-10(2-4-14)5-12-6-11-7-13(9-22)16(23)8-15(11)17(12)24;11-5-7-3-6-1-2-9(12)8(6)4-10(7)13;9-8(10,11)13-7-3-1-6(5-12)2-4-7;1-2-6(3,4)5/h3-6,9-10,14,24H,2,7-8,11H2,1H3;1-4,7-8,12,22-23H,5-6,9H2;1-5,7-8,22-23H,6,9H2;3-4,11,13H,1-2,5H2;1-5H;2H2,1H3/b;;12-5+;;;. The molecule has 600 valence electrons. The van der Waals surface area contributed by atoms with Crippen LogP contribution < -0.4 is 4.18 Å². The molecule has 0 saturated heterocycles. The molecule has 2 atom stereocenters. The van der Waals surface area contributed by atoms with E-state index >= 15 is 0 Å². The second-order valence-electron chi connectivity index (χ2n) is 24.7. The zero-order chi connectivity index (χ0) is 83.0. The summed E-state index contributed by atoms with van der Waals surface area (Å²) in [5.74, 6) is -1.73. The highest BCUT2D eigenvalue weighted by Gasteiger charge is 2.37. The van der Waals surface area contributed by atoms with Gasteiger partial charge in [0.25, 0.3) is 0 Å². The summed E-state index contributed by atoms with van der Waals surface area (Å²) < 4.78 is 195. The summed E-state index contributed by atoms with van der Waals surface area (Å²) in [6.07, 6.45) is 5.43. The summed E-state index contributed by atoms with van der Waals surface area (Å²) in [7, 11) is -2.32. The quantitative estimate of drug-likeness (QED) is 0.0105. The number of benzene rings is 8. The van der Waals surface area contributed by atoms with Crippen molar-refractivity contribution in [1.82, 2.24) is 0 Å². The van der Waals surface area contributed by atoms with Gasteiger partial charge in [0.2, 0.25) is 9.05 Å². The molecule has 12 rings (SSSR count). The van der Waals surface area contributed by atoms with Crippen LogP contribution in [0.15, 0.2) is 171 Å². The lowest BCUT2D eigenvalue weighted by molar-refractivity contribution is -0.0337. The molecule has 0 saturated carbocycles. The molecule has 0 fully saturated rings. The zero-order valence-corrected chi connectivity index (χ0v) is 64.1. The fraction of sp³-hybridized carbons (Fsp3) is 0.276. The van der Waals surface area contributed by atoms with Crippen LogP contribution in [0.3, 0.4) is 0 Å². The van der Waals surface area contributed by atoms with E-state index in [9.17, 15) is 124 Å². The number of ketones is 4. The number of allylic oxidation sites excluding steroid dienone is 1. The average molecular weight is 1710 g/mol. The van der Waals surface area contributed by atoms with E-state index in [4.69, 9.17) is 9.29 Å². The van der Waals surface area contributed by atoms with Gasteiger partial charge in [-0.3, -0.25) is 24.0 Å². The first-order valence-electron chi connectivity index (χ1n) is 33.0. The Hall–Kier alpha value is -8.36. The molecule has 0 bridgehead atoms. The number of carbonyl (C=O) groups is 5. The normalized spacial score (nSPS) is 15.4. The molecule has 4 aliphatic carbocycles. The van der Waals surface area contributed by atoms with Crippen LogP contribution in [0.2, 0.25) is 0 Å². The highest BCUT2D eigenvalue weighted by molar-refractivity contribution is 8.13. The maximum atomic E-state index is 12.8. The van der Waals surface area contributed by atoms with E-state index in [2.05, 4.69) is 10.7 Å². The maximum absolute atomic E-state index is 12.8. The van der Waals surface area contributed by atoms with Crippen molar-refractivity contribution in [2.24, 2.45) is 11.8 Å². The summed E-state index contributed by atoms with van der Waals surface area (Å²) in [5, 5.41) is 65.7. The van der Waals surface area contributed by atoms with Crippen LogP contribution in [0, 0.1) is 11.8 Å². The van der Waals surface area contributed by atoms with E-state index in [1.807, 2.05) is 0 Å². The Morgan fingerprint density at radius 3 is 1.18 bits per heavy atom. The molecule has 4 aliphatic rings. The minimum absolute atomic E-state index is 0.00849. The highest BCUT2D eigenvalue weighted by atomic mass is 35.7. The van der Waals surface area contributed by atoms with Crippen molar-refractivity contribution >= 4 is 112 Å². The molecule has 112 heavy (non-hydrogen) atoms. The number of rotatable bonds is 18. The van der Waals surface area contributed by atoms with Gasteiger partial charge in [-0.05, 0) is 228 Å². The van der Waals surface area contributed by atoms with Gasteiger partial charge in [0.1, 0.15) is 29.3 Å². The van der Waals surface area contributed by atoms with Crippen LogP contribution in [0.4, 0.5) is 52.7 Å². The number of halogens is 13.